The predicted molar refractivity (Wildman–Crippen MR) is 285 cm³/mol. The van der Waals surface area contributed by atoms with E-state index in [0.717, 1.165) is 11.4 Å². The van der Waals surface area contributed by atoms with Crippen LogP contribution in [0.3, 0.4) is 0 Å². The highest BCUT2D eigenvalue weighted by molar-refractivity contribution is 7.26. The number of fused-ring (bicyclic) bond motifs is 7. The van der Waals surface area contributed by atoms with Crippen LogP contribution in [0.1, 0.15) is 22.3 Å². The van der Waals surface area contributed by atoms with Crippen molar-refractivity contribution < 1.29 is 0 Å². The number of benzene rings is 11. The molecule has 0 atom stereocenters. The molecule has 1 aliphatic carbocycles. The first kappa shape index (κ1) is 39.1. The Morgan fingerprint density at radius 2 is 0.881 bits per heavy atom. The van der Waals surface area contributed by atoms with E-state index in [2.05, 4.69) is 266 Å². The van der Waals surface area contributed by atoms with E-state index >= 15 is 0 Å². The van der Waals surface area contributed by atoms with Crippen LogP contribution in [-0.4, -0.2) is 0 Å². The zero-order chi connectivity index (χ0) is 44.3. The zero-order valence-electron chi connectivity index (χ0n) is 36.7. The lowest BCUT2D eigenvalue weighted by atomic mass is 9.67. The van der Waals surface area contributed by atoms with Gasteiger partial charge in [-0.25, -0.2) is 0 Å². The van der Waals surface area contributed by atoms with Crippen LogP contribution in [0.15, 0.2) is 261 Å². The molecule has 1 nitrogen and oxygen atoms in total. The second kappa shape index (κ2) is 16.0. The maximum atomic E-state index is 2.45. The molecule has 0 saturated carbocycles. The highest BCUT2D eigenvalue weighted by Gasteiger charge is 2.46. The molecule has 0 N–H and O–H groups in total. The third-order valence-electron chi connectivity index (χ3n) is 13.9. The van der Waals surface area contributed by atoms with Crippen LogP contribution in [0, 0.1) is 0 Å². The van der Waals surface area contributed by atoms with Crippen LogP contribution < -0.4 is 4.90 Å². The minimum atomic E-state index is -0.455. The van der Waals surface area contributed by atoms with E-state index in [9.17, 15) is 0 Å². The van der Waals surface area contributed by atoms with Crippen molar-refractivity contribution in [3.8, 4) is 44.5 Å². The van der Waals surface area contributed by atoms with Crippen molar-refractivity contribution in [3.05, 3.63) is 283 Å². The smallest absolute Gasteiger partial charge is 0.0713 e. The normalized spacial score (nSPS) is 12.6. The van der Waals surface area contributed by atoms with Gasteiger partial charge in [0.25, 0.3) is 0 Å². The van der Waals surface area contributed by atoms with Crippen LogP contribution >= 0.6 is 11.3 Å². The van der Waals surface area contributed by atoms with E-state index in [0.29, 0.717) is 0 Å². The molecule has 0 radical (unpaired) electrons. The van der Waals surface area contributed by atoms with Gasteiger partial charge in [0.1, 0.15) is 0 Å². The molecular weight excluding hydrogens is 827 g/mol. The molecule has 0 aliphatic heterocycles. The average Bonchev–Trinajstić information content (AvgIpc) is 3.94. The summed E-state index contributed by atoms with van der Waals surface area (Å²) in [6, 6.07) is 96.3. The minimum absolute atomic E-state index is 0.455. The fourth-order valence-corrected chi connectivity index (χ4v) is 12.1. The molecule has 1 aromatic heterocycles. The van der Waals surface area contributed by atoms with Crippen molar-refractivity contribution >= 4 is 59.3 Å². The molecule has 0 bridgehead atoms. The molecule has 0 unspecified atom stereocenters. The Morgan fingerprint density at radius 3 is 1.70 bits per heavy atom. The molecule has 0 amide bonds. The van der Waals surface area contributed by atoms with Crippen molar-refractivity contribution in [2.45, 2.75) is 5.41 Å². The summed E-state index contributed by atoms with van der Waals surface area (Å²) >= 11 is 1.87. The molecule has 2 heteroatoms. The lowest BCUT2D eigenvalue weighted by Gasteiger charge is -2.34. The van der Waals surface area contributed by atoms with Crippen LogP contribution in [0.4, 0.5) is 17.1 Å². The fraction of sp³-hybridized carbons (Fsp3) is 0.0154. The number of hydrogen-bond acceptors (Lipinski definition) is 2. The van der Waals surface area contributed by atoms with Crippen molar-refractivity contribution in [2.24, 2.45) is 0 Å². The van der Waals surface area contributed by atoms with E-state index < -0.39 is 5.41 Å². The first-order valence-corrected chi connectivity index (χ1v) is 23.9. The summed E-state index contributed by atoms with van der Waals surface area (Å²) in [6.07, 6.45) is 0. The van der Waals surface area contributed by atoms with E-state index in [-0.39, 0.29) is 0 Å². The van der Waals surface area contributed by atoms with Gasteiger partial charge < -0.3 is 4.90 Å². The summed E-state index contributed by atoms with van der Waals surface area (Å²) in [7, 11) is 0. The Morgan fingerprint density at radius 1 is 0.313 bits per heavy atom. The van der Waals surface area contributed by atoms with Gasteiger partial charge in [-0.3, -0.25) is 0 Å². The summed E-state index contributed by atoms with van der Waals surface area (Å²) in [5, 5.41) is 5.08. The predicted octanol–water partition coefficient (Wildman–Crippen LogP) is 18.0. The molecule has 67 heavy (non-hydrogen) atoms. The van der Waals surface area contributed by atoms with Crippen LogP contribution in [0.25, 0.3) is 75.5 Å². The van der Waals surface area contributed by atoms with Gasteiger partial charge in [0.2, 0.25) is 0 Å². The Bertz CT molecular complexity index is 3760. The first-order valence-electron chi connectivity index (χ1n) is 23.1. The highest BCUT2D eigenvalue weighted by atomic mass is 32.1. The maximum absolute atomic E-state index is 2.45. The average molecular weight is 870 g/mol. The minimum Gasteiger partial charge on any atom is -0.309 e. The van der Waals surface area contributed by atoms with Crippen molar-refractivity contribution in [1.82, 2.24) is 0 Å². The van der Waals surface area contributed by atoms with Gasteiger partial charge in [-0.15, -0.1) is 11.3 Å². The van der Waals surface area contributed by atoms with Crippen LogP contribution in [-0.2, 0) is 5.41 Å². The molecule has 0 saturated heterocycles. The Kier molecular flexibility index (Phi) is 9.33. The number of thiophene rings is 1. The zero-order valence-corrected chi connectivity index (χ0v) is 37.5. The standard InChI is InChI=1S/C65H43NS/c1-3-22-50(23-4-1)65(51-24-5-2-6-25-51)60-32-11-9-28-56(60)57-40-37-48(43-61(57)65)44-35-38-52(39-36-44)66(62-33-16-31-59-58-29-10-12-34-63(58)67-64(59)62)53-26-14-20-47(42-53)46-19-13-21-49(41-46)55-30-15-18-45-17-7-8-27-54(45)55/h1-43H. The lowest BCUT2D eigenvalue weighted by molar-refractivity contribution is 0.769. The second-order valence-electron chi connectivity index (χ2n) is 17.6. The summed E-state index contributed by atoms with van der Waals surface area (Å²) in [5.41, 5.74) is 17.9. The molecule has 1 aliphatic rings. The number of anilines is 3. The van der Waals surface area contributed by atoms with E-state index in [1.165, 1.54) is 103 Å². The fourth-order valence-electron chi connectivity index (χ4n) is 10.9. The highest BCUT2D eigenvalue weighted by Crippen LogP contribution is 2.57. The Balaban J connectivity index is 0.945. The molecule has 13 rings (SSSR count). The van der Waals surface area contributed by atoms with Crippen molar-refractivity contribution in [3.63, 3.8) is 0 Å². The maximum Gasteiger partial charge on any atom is 0.0713 e. The van der Waals surface area contributed by atoms with Gasteiger partial charge in [0.05, 0.1) is 15.8 Å². The van der Waals surface area contributed by atoms with Crippen LogP contribution in [0.2, 0.25) is 0 Å². The monoisotopic (exact) mass is 869 g/mol. The Labute approximate surface area is 395 Å². The van der Waals surface area contributed by atoms with Gasteiger partial charge in [-0.1, -0.05) is 212 Å². The molecule has 0 spiro atoms. The van der Waals surface area contributed by atoms with Gasteiger partial charge >= 0.3 is 0 Å². The molecular formula is C65H43NS. The van der Waals surface area contributed by atoms with Crippen molar-refractivity contribution in [1.29, 1.82) is 0 Å². The number of nitrogens with zero attached hydrogens (tertiary/aromatic N) is 1. The quantitative estimate of drug-likeness (QED) is 0.147. The lowest BCUT2D eigenvalue weighted by Crippen LogP contribution is -2.28. The summed E-state index contributed by atoms with van der Waals surface area (Å²) in [5.74, 6) is 0. The molecule has 314 valence electrons. The summed E-state index contributed by atoms with van der Waals surface area (Å²) in [6.45, 7) is 0. The largest absolute Gasteiger partial charge is 0.309 e. The SMILES string of the molecule is c1ccc(C2(c3ccccc3)c3ccccc3-c3ccc(-c4ccc(N(c5cccc(-c6cccc(-c7cccc8ccccc78)c6)c5)c5cccc6c5sc5ccccc56)cc4)cc32)cc1. The number of rotatable bonds is 8. The first-order chi connectivity index (χ1) is 33.2. The van der Waals surface area contributed by atoms with Gasteiger partial charge in [-0.05, 0) is 126 Å². The third-order valence-corrected chi connectivity index (χ3v) is 15.2. The van der Waals surface area contributed by atoms with Gasteiger partial charge in [0.15, 0.2) is 0 Å². The topological polar surface area (TPSA) is 3.24 Å². The van der Waals surface area contributed by atoms with Crippen molar-refractivity contribution in [2.75, 3.05) is 4.90 Å². The molecule has 12 aromatic rings. The van der Waals surface area contributed by atoms with E-state index in [1.54, 1.807) is 0 Å². The third kappa shape index (κ3) is 6.37. The molecule has 0 fully saturated rings. The van der Waals surface area contributed by atoms with Crippen LogP contribution in [0.5, 0.6) is 0 Å². The van der Waals surface area contributed by atoms with Gasteiger partial charge in [0, 0.05) is 26.8 Å². The molecule has 11 aromatic carbocycles. The summed E-state index contributed by atoms with van der Waals surface area (Å²) < 4.78 is 2.56. The van der Waals surface area contributed by atoms with Gasteiger partial charge in [-0.2, -0.15) is 0 Å². The van der Waals surface area contributed by atoms with E-state index in [4.69, 9.17) is 0 Å². The second-order valence-corrected chi connectivity index (χ2v) is 18.6. The Hall–Kier alpha value is -8.30. The van der Waals surface area contributed by atoms with E-state index in [1.807, 2.05) is 11.3 Å². The summed E-state index contributed by atoms with van der Waals surface area (Å²) in [4.78, 5) is 2.45. The molecule has 1 heterocycles. The number of hydrogen-bond donors (Lipinski definition) is 0.